The van der Waals surface area contributed by atoms with E-state index in [0.29, 0.717) is 32.2 Å². The van der Waals surface area contributed by atoms with Gasteiger partial charge in [0.05, 0.1) is 6.42 Å². The predicted octanol–water partition coefficient (Wildman–Crippen LogP) is 0.297. The molecule has 1 aliphatic rings. The minimum absolute atomic E-state index is 0.146. The number of hydrogen-bond acceptors (Lipinski definition) is 5. The van der Waals surface area contributed by atoms with E-state index in [1.54, 1.807) is 6.08 Å². The number of aliphatic carboxylic acids is 1. The van der Waals surface area contributed by atoms with Gasteiger partial charge in [-0.1, -0.05) is 18.6 Å². The molecule has 0 aromatic rings. The molecule has 0 radical (unpaired) electrons. The Balaban J connectivity index is 2.30. The highest BCUT2D eigenvalue weighted by atomic mass is 16.4. The van der Waals surface area contributed by atoms with Crippen molar-refractivity contribution in [1.82, 2.24) is 5.32 Å². The Bertz CT molecular complexity index is 427. The Labute approximate surface area is 136 Å². The van der Waals surface area contributed by atoms with E-state index in [2.05, 4.69) is 5.32 Å². The second-order valence-electron chi connectivity index (χ2n) is 6.19. The van der Waals surface area contributed by atoms with Crippen LogP contribution in [0.1, 0.15) is 51.4 Å². The first-order valence-electron chi connectivity index (χ1n) is 8.17. The smallest absolute Gasteiger partial charge is 0.320 e. The second-order valence-corrected chi connectivity index (χ2v) is 6.19. The molecule has 132 valence electrons. The van der Waals surface area contributed by atoms with E-state index in [0.717, 1.165) is 19.3 Å². The Morgan fingerprint density at radius 2 is 2.09 bits per heavy atom. The number of allylic oxidation sites excluding steroid dienone is 1. The van der Waals surface area contributed by atoms with Crippen molar-refractivity contribution in [3.8, 4) is 0 Å². The van der Waals surface area contributed by atoms with Crippen LogP contribution in [-0.2, 0) is 9.59 Å². The summed E-state index contributed by atoms with van der Waals surface area (Å²) in [5, 5.41) is 31.9. The molecule has 0 saturated heterocycles. The van der Waals surface area contributed by atoms with E-state index >= 15 is 0 Å². The molecular formula is C16H28N2O5. The molecule has 0 bridgehead atoms. The Morgan fingerprint density at radius 3 is 2.78 bits per heavy atom. The van der Waals surface area contributed by atoms with E-state index < -0.39 is 23.7 Å². The van der Waals surface area contributed by atoms with Crippen molar-refractivity contribution in [3.05, 3.63) is 12.2 Å². The number of hydrogen-bond donors (Lipinski definition) is 5. The molecule has 3 atom stereocenters. The summed E-state index contributed by atoms with van der Waals surface area (Å²) < 4.78 is 0. The summed E-state index contributed by atoms with van der Waals surface area (Å²) in [4.78, 5) is 22.5. The number of rotatable bonds is 8. The Kier molecular flexibility index (Phi) is 8.22. The molecule has 0 aliphatic heterocycles. The van der Waals surface area contributed by atoms with Crippen LogP contribution in [0.4, 0.5) is 0 Å². The fraction of sp³-hybridized carbons (Fsp3) is 0.750. The van der Waals surface area contributed by atoms with Gasteiger partial charge in [0, 0.05) is 6.54 Å². The van der Waals surface area contributed by atoms with E-state index in [1.165, 1.54) is 0 Å². The van der Waals surface area contributed by atoms with Gasteiger partial charge in [-0.05, 0) is 38.5 Å². The summed E-state index contributed by atoms with van der Waals surface area (Å²) in [6.07, 6.45) is 6.73. The van der Waals surface area contributed by atoms with Crippen molar-refractivity contribution in [3.63, 3.8) is 0 Å². The number of aliphatic hydroxyl groups is 2. The van der Waals surface area contributed by atoms with E-state index in [-0.39, 0.29) is 12.3 Å². The van der Waals surface area contributed by atoms with Gasteiger partial charge in [0.25, 0.3) is 0 Å². The number of carboxylic acids is 1. The number of amides is 1. The number of nitrogens with one attached hydrogen (secondary N) is 1. The summed E-state index contributed by atoms with van der Waals surface area (Å²) in [5.74, 6) is -1.34. The van der Waals surface area contributed by atoms with Crippen LogP contribution in [0.15, 0.2) is 12.2 Å². The quantitative estimate of drug-likeness (QED) is 0.321. The van der Waals surface area contributed by atoms with Crippen molar-refractivity contribution in [2.45, 2.75) is 69.1 Å². The monoisotopic (exact) mass is 328 g/mol. The van der Waals surface area contributed by atoms with Gasteiger partial charge >= 0.3 is 5.97 Å². The van der Waals surface area contributed by atoms with Crippen molar-refractivity contribution in [2.75, 3.05) is 6.54 Å². The van der Waals surface area contributed by atoms with Crippen LogP contribution in [0, 0.1) is 0 Å². The highest BCUT2D eigenvalue weighted by Crippen LogP contribution is 2.26. The third kappa shape index (κ3) is 7.11. The number of aliphatic hydroxyl groups excluding tert-OH is 1. The number of carbonyl (C=O) groups is 2. The van der Waals surface area contributed by atoms with Gasteiger partial charge in [-0.15, -0.1) is 0 Å². The van der Waals surface area contributed by atoms with Crippen molar-refractivity contribution < 1.29 is 24.9 Å². The molecule has 1 amide bonds. The molecule has 2 unspecified atom stereocenters. The van der Waals surface area contributed by atoms with Crippen molar-refractivity contribution in [1.29, 1.82) is 0 Å². The lowest BCUT2D eigenvalue weighted by atomic mass is 9.84. The molecule has 1 aliphatic carbocycles. The summed E-state index contributed by atoms with van der Waals surface area (Å²) in [5.41, 5.74) is 3.96. The van der Waals surface area contributed by atoms with Crippen LogP contribution in [0.3, 0.4) is 0 Å². The fourth-order valence-electron chi connectivity index (χ4n) is 2.62. The van der Waals surface area contributed by atoms with Gasteiger partial charge in [-0.25, -0.2) is 0 Å². The minimum Gasteiger partial charge on any atom is -0.480 e. The Morgan fingerprint density at radius 1 is 1.35 bits per heavy atom. The molecule has 6 N–H and O–H groups in total. The third-order valence-corrected chi connectivity index (χ3v) is 4.15. The molecule has 0 heterocycles. The number of carboxylic acid groups (broad SMARTS) is 1. The summed E-state index contributed by atoms with van der Waals surface area (Å²) in [6, 6.07) is -0.872. The van der Waals surface area contributed by atoms with E-state index in [1.807, 2.05) is 6.08 Å². The maximum absolute atomic E-state index is 11.9. The predicted molar refractivity (Wildman–Crippen MR) is 85.7 cm³/mol. The van der Waals surface area contributed by atoms with Gasteiger partial charge in [0.1, 0.15) is 17.7 Å². The normalized spacial score (nSPS) is 27.5. The first-order chi connectivity index (χ1) is 10.8. The van der Waals surface area contributed by atoms with Crippen LogP contribution in [0.2, 0.25) is 0 Å². The van der Waals surface area contributed by atoms with Crippen molar-refractivity contribution >= 4 is 11.9 Å². The third-order valence-electron chi connectivity index (χ3n) is 4.15. The van der Waals surface area contributed by atoms with Gasteiger partial charge in [0.15, 0.2) is 0 Å². The molecule has 0 saturated carbocycles. The first kappa shape index (κ1) is 19.6. The number of carbonyl (C=O) groups excluding carboxylic acids is 1. The maximum Gasteiger partial charge on any atom is 0.320 e. The lowest BCUT2D eigenvalue weighted by Crippen LogP contribution is -2.46. The zero-order chi connectivity index (χ0) is 17.3. The maximum atomic E-state index is 11.9. The molecule has 0 aromatic heterocycles. The van der Waals surface area contributed by atoms with Gasteiger partial charge in [-0.2, -0.15) is 0 Å². The minimum atomic E-state index is -1.42. The van der Waals surface area contributed by atoms with Gasteiger partial charge in [-0.3, -0.25) is 9.59 Å². The molecule has 23 heavy (non-hydrogen) atoms. The number of unbranched alkanes of at least 4 members (excludes halogenated alkanes) is 1. The zero-order valence-corrected chi connectivity index (χ0v) is 13.4. The molecule has 1 rings (SSSR count). The van der Waals surface area contributed by atoms with Crippen LogP contribution < -0.4 is 11.1 Å². The topological polar surface area (TPSA) is 133 Å². The first-order valence-corrected chi connectivity index (χ1v) is 8.17. The van der Waals surface area contributed by atoms with Crippen LogP contribution in [-0.4, -0.2) is 51.5 Å². The Hall–Kier alpha value is -1.44. The average molecular weight is 328 g/mol. The lowest BCUT2D eigenvalue weighted by molar-refractivity contribution is -0.138. The molecule has 7 heteroatoms. The van der Waals surface area contributed by atoms with E-state index in [9.17, 15) is 19.8 Å². The molecule has 0 aromatic carbocycles. The summed E-state index contributed by atoms with van der Waals surface area (Å²) in [7, 11) is 0. The molecule has 7 nitrogen and oxygen atoms in total. The van der Waals surface area contributed by atoms with Crippen molar-refractivity contribution in [2.24, 2.45) is 5.73 Å². The largest absolute Gasteiger partial charge is 0.480 e. The van der Waals surface area contributed by atoms with E-state index in [4.69, 9.17) is 10.8 Å². The molecule has 0 spiro atoms. The van der Waals surface area contributed by atoms with Gasteiger partial charge < -0.3 is 26.4 Å². The summed E-state index contributed by atoms with van der Waals surface area (Å²) in [6.45, 7) is 0.396. The highest BCUT2D eigenvalue weighted by molar-refractivity contribution is 5.77. The molecular weight excluding hydrogens is 300 g/mol. The zero-order valence-electron chi connectivity index (χ0n) is 13.4. The SMILES string of the molecule is N[C@@H](CCCCNC(=O)CC1(O)CCCC/C=C\C1O)C(=O)O. The van der Waals surface area contributed by atoms with Crippen LogP contribution >= 0.6 is 0 Å². The molecule has 0 fully saturated rings. The standard InChI is InChI=1S/C16H28N2O5/c17-12(15(21)22)7-4-6-10-18-14(20)11-16(23)9-5-2-1-3-8-13(16)19/h3,8,12-13,19,23H,1-2,4-7,9-11,17H2,(H,18,20)(H,21,22)/b8-3-/t12-,13?,16?/m0/s1. The second kappa shape index (κ2) is 9.64. The van der Waals surface area contributed by atoms with Crippen LogP contribution in [0.5, 0.6) is 0 Å². The van der Waals surface area contributed by atoms with Gasteiger partial charge in [0.2, 0.25) is 5.91 Å². The average Bonchev–Trinajstić information content (AvgIpc) is 2.48. The number of nitrogens with two attached hydrogens (primary N) is 1. The lowest BCUT2D eigenvalue weighted by Gasteiger charge is -2.32. The fourth-order valence-corrected chi connectivity index (χ4v) is 2.62. The highest BCUT2D eigenvalue weighted by Gasteiger charge is 2.36. The summed E-state index contributed by atoms with van der Waals surface area (Å²) >= 11 is 0. The van der Waals surface area contributed by atoms with Crippen LogP contribution in [0.25, 0.3) is 0 Å².